The van der Waals surface area contributed by atoms with Crippen LogP contribution in [0.15, 0.2) is 42.5 Å². The molecule has 0 bridgehead atoms. The van der Waals surface area contributed by atoms with Crippen LogP contribution >= 0.6 is 0 Å². The van der Waals surface area contributed by atoms with E-state index in [1.54, 1.807) is 42.5 Å². The highest BCUT2D eigenvalue weighted by atomic mass is 16.5. The summed E-state index contributed by atoms with van der Waals surface area (Å²) in [5.74, 6) is 0.0768. The fourth-order valence-electron chi connectivity index (χ4n) is 3.02. The Kier molecular flexibility index (Phi) is 9.53. The van der Waals surface area contributed by atoms with Gasteiger partial charge in [0.25, 0.3) is 11.8 Å². The van der Waals surface area contributed by atoms with E-state index in [0.717, 1.165) is 5.56 Å². The maximum Gasteiger partial charge on any atom is 0.255 e. The van der Waals surface area contributed by atoms with Crippen molar-refractivity contribution in [2.45, 2.75) is 33.4 Å². The van der Waals surface area contributed by atoms with Gasteiger partial charge in [-0.25, -0.2) is 0 Å². The minimum atomic E-state index is -0.718. The molecule has 0 aliphatic carbocycles. The van der Waals surface area contributed by atoms with Gasteiger partial charge in [-0.3, -0.25) is 14.4 Å². The number of rotatable bonds is 12. The molecule has 0 aromatic heterocycles. The van der Waals surface area contributed by atoms with Gasteiger partial charge in [0.1, 0.15) is 11.8 Å². The van der Waals surface area contributed by atoms with Gasteiger partial charge in [0.15, 0.2) is 18.1 Å². The summed E-state index contributed by atoms with van der Waals surface area (Å²) in [7, 11) is 1.47. The molecule has 0 aliphatic heterocycles. The van der Waals surface area contributed by atoms with E-state index < -0.39 is 11.9 Å². The number of benzene rings is 2. The summed E-state index contributed by atoms with van der Waals surface area (Å²) in [6, 6.07) is 11.1. The molecule has 9 nitrogen and oxygen atoms in total. The van der Waals surface area contributed by atoms with Gasteiger partial charge < -0.3 is 30.6 Å². The van der Waals surface area contributed by atoms with Crippen molar-refractivity contribution in [2.24, 2.45) is 11.7 Å². The molecule has 2 rings (SSSR count). The number of methoxy groups -OCH3 is 1. The molecular formula is C24H31N3O6. The highest BCUT2D eigenvalue weighted by Crippen LogP contribution is 2.28. The summed E-state index contributed by atoms with van der Waals surface area (Å²) < 4.78 is 16.0. The molecule has 0 heterocycles. The molecule has 1 unspecified atom stereocenters. The van der Waals surface area contributed by atoms with E-state index in [4.69, 9.17) is 19.9 Å². The third kappa shape index (κ3) is 7.71. The Bertz CT molecular complexity index is 959. The van der Waals surface area contributed by atoms with Gasteiger partial charge in [-0.2, -0.15) is 0 Å². The van der Waals surface area contributed by atoms with Crippen molar-refractivity contribution in [3.8, 4) is 17.2 Å². The van der Waals surface area contributed by atoms with Crippen molar-refractivity contribution in [3.63, 3.8) is 0 Å². The maximum atomic E-state index is 12.8. The average molecular weight is 458 g/mol. The first-order valence-electron chi connectivity index (χ1n) is 10.6. The van der Waals surface area contributed by atoms with Crippen molar-refractivity contribution < 1.29 is 28.6 Å². The molecule has 1 atom stereocenters. The first-order chi connectivity index (χ1) is 15.7. The van der Waals surface area contributed by atoms with Crippen LogP contribution in [-0.2, 0) is 16.1 Å². The molecule has 0 spiro atoms. The number of carbonyl (C=O) groups is 3. The third-order valence-corrected chi connectivity index (χ3v) is 4.73. The van der Waals surface area contributed by atoms with Crippen LogP contribution in [0.3, 0.4) is 0 Å². The number of hydrogen-bond donors (Lipinski definition) is 3. The minimum Gasteiger partial charge on any atom is -0.494 e. The standard InChI is InChI=1S/C24H31N3O6/c1-5-32-18-9-7-17(8-10-18)23(29)27-22(15(2)3)24(30)26-13-16-6-11-19(20(12-16)31-4)33-14-21(25)28/h6-12,15,22H,5,13-14H2,1-4H3,(H2,25,28)(H,26,30)(H,27,29). The monoisotopic (exact) mass is 457 g/mol. The number of ether oxygens (including phenoxy) is 3. The molecular weight excluding hydrogens is 426 g/mol. The van der Waals surface area contributed by atoms with Crippen LogP contribution in [-0.4, -0.2) is 44.1 Å². The topological polar surface area (TPSA) is 129 Å². The van der Waals surface area contributed by atoms with Crippen LogP contribution in [0.2, 0.25) is 0 Å². The molecule has 0 fully saturated rings. The van der Waals surface area contributed by atoms with Crippen LogP contribution in [0, 0.1) is 5.92 Å². The smallest absolute Gasteiger partial charge is 0.255 e. The van der Waals surface area contributed by atoms with Gasteiger partial charge in [-0.15, -0.1) is 0 Å². The third-order valence-electron chi connectivity index (χ3n) is 4.73. The summed E-state index contributed by atoms with van der Waals surface area (Å²) in [5.41, 5.74) is 6.29. The van der Waals surface area contributed by atoms with Crippen molar-refractivity contribution in [1.29, 1.82) is 0 Å². The Morgan fingerprint density at radius 3 is 2.27 bits per heavy atom. The summed E-state index contributed by atoms with van der Waals surface area (Å²) in [6.07, 6.45) is 0. The highest BCUT2D eigenvalue weighted by molar-refractivity contribution is 5.97. The minimum absolute atomic E-state index is 0.129. The highest BCUT2D eigenvalue weighted by Gasteiger charge is 2.24. The zero-order valence-electron chi connectivity index (χ0n) is 19.3. The van der Waals surface area contributed by atoms with Crippen molar-refractivity contribution >= 4 is 17.7 Å². The first kappa shape index (κ1) is 25.5. The summed E-state index contributed by atoms with van der Waals surface area (Å²) in [4.78, 5) is 36.4. The molecule has 2 aromatic carbocycles. The van der Waals surface area contributed by atoms with Crippen molar-refractivity contribution in [3.05, 3.63) is 53.6 Å². The second-order valence-electron chi connectivity index (χ2n) is 7.61. The van der Waals surface area contributed by atoms with E-state index in [2.05, 4.69) is 10.6 Å². The Labute approximate surface area is 193 Å². The van der Waals surface area contributed by atoms with Crippen LogP contribution in [0.5, 0.6) is 17.2 Å². The van der Waals surface area contributed by atoms with E-state index >= 15 is 0 Å². The lowest BCUT2D eigenvalue weighted by atomic mass is 10.0. The van der Waals surface area contributed by atoms with Gasteiger partial charge >= 0.3 is 0 Å². The predicted octanol–water partition coefficient (Wildman–Crippen LogP) is 2.03. The zero-order chi connectivity index (χ0) is 24.4. The Morgan fingerprint density at radius 1 is 1.00 bits per heavy atom. The molecule has 0 radical (unpaired) electrons. The second kappa shape index (κ2) is 12.3. The average Bonchev–Trinajstić information content (AvgIpc) is 2.80. The quantitative estimate of drug-likeness (QED) is 0.447. The summed E-state index contributed by atoms with van der Waals surface area (Å²) in [6.45, 7) is 6.09. The molecule has 0 saturated heterocycles. The van der Waals surface area contributed by atoms with Crippen molar-refractivity contribution in [2.75, 3.05) is 20.3 Å². The van der Waals surface area contributed by atoms with Crippen LogP contribution < -0.4 is 30.6 Å². The van der Waals surface area contributed by atoms with Gasteiger partial charge in [0.05, 0.1) is 13.7 Å². The molecule has 0 aliphatic rings. The molecule has 3 amide bonds. The number of nitrogens with two attached hydrogens (primary N) is 1. The summed E-state index contributed by atoms with van der Waals surface area (Å²) >= 11 is 0. The van der Waals surface area contributed by atoms with E-state index in [-0.39, 0.29) is 30.9 Å². The van der Waals surface area contributed by atoms with Gasteiger partial charge in [-0.05, 0) is 54.8 Å². The first-order valence-corrected chi connectivity index (χ1v) is 10.6. The van der Waals surface area contributed by atoms with E-state index in [9.17, 15) is 14.4 Å². The molecule has 33 heavy (non-hydrogen) atoms. The van der Waals surface area contributed by atoms with Gasteiger partial charge in [-0.1, -0.05) is 19.9 Å². The van der Waals surface area contributed by atoms with E-state index in [1.807, 2.05) is 20.8 Å². The summed E-state index contributed by atoms with van der Waals surface area (Å²) in [5, 5.41) is 5.64. The lowest BCUT2D eigenvalue weighted by Gasteiger charge is -2.22. The fourth-order valence-corrected chi connectivity index (χ4v) is 3.02. The SMILES string of the molecule is CCOc1ccc(C(=O)NC(C(=O)NCc2ccc(OCC(N)=O)c(OC)c2)C(C)C)cc1. The van der Waals surface area contributed by atoms with Crippen LogP contribution in [0.25, 0.3) is 0 Å². The van der Waals surface area contributed by atoms with Crippen molar-refractivity contribution in [1.82, 2.24) is 10.6 Å². The van der Waals surface area contributed by atoms with E-state index in [1.165, 1.54) is 7.11 Å². The molecule has 178 valence electrons. The Morgan fingerprint density at radius 2 is 1.70 bits per heavy atom. The zero-order valence-corrected chi connectivity index (χ0v) is 19.3. The molecule has 4 N–H and O–H groups in total. The number of carbonyl (C=O) groups excluding carboxylic acids is 3. The predicted molar refractivity (Wildman–Crippen MR) is 123 cm³/mol. The largest absolute Gasteiger partial charge is 0.494 e. The molecule has 0 saturated carbocycles. The van der Waals surface area contributed by atoms with E-state index in [0.29, 0.717) is 29.4 Å². The lowest BCUT2D eigenvalue weighted by Crippen LogP contribution is -2.49. The second-order valence-corrected chi connectivity index (χ2v) is 7.61. The van der Waals surface area contributed by atoms with Crippen LogP contribution in [0.4, 0.5) is 0 Å². The number of hydrogen-bond acceptors (Lipinski definition) is 6. The fraction of sp³-hybridized carbons (Fsp3) is 0.375. The van der Waals surface area contributed by atoms with Crippen LogP contribution in [0.1, 0.15) is 36.7 Å². The normalized spacial score (nSPS) is 11.4. The van der Waals surface area contributed by atoms with Gasteiger partial charge in [0, 0.05) is 12.1 Å². The Balaban J connectivity index is 2.00. The number of primary amides is 1. The number of amides is 3. The number of nitrogens with one attached hydrogen (secondary N) is 2. The molecule has 2 aromatic rings. The lowest BCUT2D eigenvalue weighted by molar-refractivity contribution is -0.124. The Hall–Kier alpha value is -3.75. The maximum absolute atomic E-state index is 12.8. The molecule has 9 heteroatoms. The van der Waals surface area contributed by atoms with Gasteiger partial charge in [0.2, 0.25) is 5.91 Å².